The molecule has 8 heteroatoms. The van der Waals surface area contributed by atoms with Crippen LogP contribution in [0.4, 0.5) is 5.69 Å². The van der Waals surface area contributed by atoms with Gasteiger partial charge in [0.15, 0.2) is 11.0 Å². The summed E-state index contributed by atoms with van der Waals surface area (Å²) >= 11 is 1.32. The van der Waals surface area contributed by atoms with Crippen molar-refractivity contribution in [3.8, 4) is 22.9 Å². The number of carbonyl (C=O) groups excluding carboxylic acids is 1. The monoisotopic (exact) mass is 424 g/mol. The van der Waals surface area contributed by atoms with E-state index in [1.807, 2.05) is 35.8 Å². The number of allylic oxidation sites excluding steroid dienone is 1. The van der Waals surface area contributed by atoms with E-state index in [9.17, 15) is 4.79 Å². The van der Waals surface area contributed by atoms with Gasteiger partial charge in [-0.25, -0.2) is 0 Å². The van der Waals surface area contributed by atoms with Crippen LogP contribution in [0, 0.1) is 0 Å². The number of methoxy groups -OCH3 is 1. The van der Waals surface area contributed by atoms with Crippen LogP contribution in [0.15, 0.2) is 66.3 Å². The van der Waals surface area contributed by atoms with Crippen molar-refractivity contribution in [2.75, 3.05) is 24.8 Å². The Hall–Kier alpha value is -3.26. The second-order valence-corrected chi connectivity index (χ2v) is 7.14. The lowest BCUT2D eigenvalue weighted by atomic mass is 10.2. The second kappa shape index (κ2) is 10.5. The zero-order valence-electron chi connectivity index (χ0n) is 17.0. The predicted molar refractivity (Wildman–Crippen MR) is 119 cm³/mol. The predicted octanol–water partition coefficient (Wildman–Crippen LogP) is 4.27. The largest absolute Gasteiger partial charge is 0.497 e. The molecule has 0 atom stereocenters. The van der Waals surface area contributed by atoms with Gasteiger partial charge in [-0.3, -0.25) is 9.36 Å². The van der Waals surface area contributed by atoms with Gasteiger partial charge >= 0.3 is 0 Å². The molecule has 0 radical (unpaired) electrons. The molecule has 0 saturated carbocycles. The van der Waals surface area contributed by atoms with Crippen LogP contribution >= 0.6 is 11.8 Å². The van der Waals surface area contributed by atoms with E-state index >= 15 is 0 Å². The van der Waals surface area contributed by atoms with E-state index < -0.39 is 0 Å². The molecule has 1 heterocycles. The van der Waals surface area contributed by atoms with Gasteiger partial charge in [0.05, 0.1) is 25.0 Å². The first-order chi connectivity index (χ1) is 14.7. The maximum atomic E-state index is 12.4. The fourth-order valence-corrected chi connectivity index (χ4v) is 3.57. The average molecular weight is 425 g/mol. The molecule has 0 aliphatic rings. The summed E-state index contributed by atoms with van der Waals surface area (Å²) in [5, 5.41) is 12.1. The minimum atomic E-state index is -0.130. The number of amides is 1. The first-order valence-electron chi connectivity index (χ1n) is 9.49. The summed E-state index contributed by atoms with van der Waals surface area (Å²) in [5.41, 5.74) is 1.56. The molecule has 0 spiro atoms. The summed E-state index contributed by atoms with van der Waals surface area (Å²) in [6, 6.07) is 14.9. The molecule has 0 saturated heterocycles. The van der Waals surface area contributed by atoms with Gasteiger partial charge in [0, 0.05) is 12.2 Å². The van der Waals surface area contributed by atoms with Gasteiger partial charge in [-0.05, 0) is 43.3 Å². The molecular weight excluding hydrogens is 400 g/mol. The van der Waals surface area contributed by atoms with Crippen molar-refractivity contribution in [3.63, 3.8) is 0 Å². The summed E-state index contributed by atoms with van der Waals surface area (Å²) in [6.45, 7) is 6.84. The number of thioether (sulfide) groups is 1. The zero-order valence-corrected chi connectivity index (χ0v) is 17.8. The number of rotatable bonds is 10. The highest BCUT2D eigenvalue weighted by Gasteiger charge is 2.18. The number of carbonyl (C=O) groups is 1. The molecule has 1 N–H and O–H groups in total. The maximum Gasteiger partial charge on any atom is 0.234 e. The fraction of sp³-hybridized carbons (Fsp3) is 0.227. The van der Waals surface area contributed by atoms with E-state index in [1.165, 1.54) is 11.8 Å². The van der Waals surface area contributed by atoms with Gasteiger partial charge in [0.25, 0.3) is 0 Å². The molecule has 156 valence electrons. The summed E-state index contributed by atoms with van der Waals surface area (Å²) < 4.78 is 12.8. The summed E-state index contributed by atoms with van der Waals surface area (Å²) in [7, 11) is 1.60. The fourth-order valence-electron chi connectivity index (χ4n) is 2.82. The lowest BCUT2D eigenvalue weighted by Crippen LogP contribution is -2.14. The molecule has 1 aromatic heterocycles. The van der Waals surface area contributed by atoms with Crippen LogP contribution in [0.25, 0.3) is 11.4 Å². The SMILES string of the molecule is C=CCn1c(SCC(=O)Nc2ccc(OC)cc2)nnc1-c1ccccc1OCC. The molecule has 3 aromatic rings. The summed E-state index contributed by atoms with van der Waals surface area (Å²) in [5.74, 6) is 2.23. The lowest BCUT2D eigenvalue weighted by Gasteiger charge is -2.11. The van der Waals surface area contributed by atoms with Crippen molar-refractivity contribution >= 4 is 23.4 Å². The van der Waals surface area contributed by atoms with Gasteiger partial charge in [-0.15, -0.1) is 16.8 Å². The van der Waals surface area contributed by atoms with E-state index in [0.29, 0.717) is 29.8 Å². The zero-order chi connectivity index (χ0) is 21.3. The normalized spacial score (nSPS) is 10.5. The number of nitrogens with zero attached hydrogens (tertiary/aromatic N) is 3. The summed E-state index contributed by atoms with van der Waals surface area (Å²) in [6.07, 6.45) is 1.78. The number of nitrogens with one attached hydrogen (secondary N) is 1. The lowest BCUT2D eigenvalue weighted by molar-refractivity contribution is -0.113. The highest BCUT2D eigenvalue weighted by atomic mass is 32.2. The van der Waals surface area contributed by atoms with Crippen molar-refractivity contribution in [2.45, 2.75) is 18.6 Å². The molecule has 3 rings (SSSR count). The number of ether oxygens (including phenoxy) is 2. The molecular formula is C22H24N4O3S. The highest BCUT2D eigenvalue weighted by Crippen LogP contribution is 2.31. The number of hydrogen-bond acceptors (Lipinski definition) is 6. The minimum absolute atomic E-state index is 0.130. The Balaban J connectivity index is 1.73. The van der Waals surface area contributed by atoms with Crippen LogP contribution in [0.2, 0.25) is 0 Å². The quantitative estimate of drug-likeness (QED) is 0.387. The first kappa shape index (κ1) is 21.4. The highest BCUT2D eigenvalue weighted by molar-refractivity contribution is 7.99. The van der Waals surface area contributed by atoms with E-state index in [-0.39, 0.29) is 11.7 Å². The van der Waals surface area contributed by atoms with Gasteiger partial charge in [0.2, 0.25) is 5.91 Å². The molecule has 0 aliphatic carbocycles. The number of para-hydroxylation sites is 1. The molecule has 0 fully saturated rings. The van der Waals surface area contributed by atoms with Crippen molar-refractivity contribution in [1.29, 1.82) is 0 Å². The number of benzene rings is 2. The maximum absolute atomic E-state index is 12.4. The molecule has 1 amide bonds. The summed E-state index contributed by atoms with van der Waals surface area (Å²) in [4.78, 5) is 12.4. The van der Waals surface area contributed by atoms with Crippen LogP contribution in [0.3, 0.4) is 0 Å². The van der Waals surface area contributed by atoms with E-state index in [2.05, 4.69) is 22.1 Å². The van der Waals surface area contributed by atoms with Crippen molar-refractivity contribution in [2.24, 2.45) is 0 Å². The number of anilines is 1. The van der Waals surface area contributed by atoms with Crippen LogP contribution in [0.1, 0.15) is 6.92 Å². The molecule has 0 aliphatic heterocycles. The second-order valence-electron chi connectivity index (χ2n) is 6.20. The van der Waals surface area contributed by atoms with Gasteiger partial charge in [0.1, 0.15) is 11.5 Å². The first-order valence-corrected chi connectivity index (χ1v) is 10.5. The standard InChI is InChI=1S/C22H24N4O3S/c1-4-14-26-21(18-8-6-7-9-19(18)29-5-2)24-25-22(26)30-15-20(27)23-16-10-12-17(28-3)13-11-16/h4,6-13H,1,5,14-15H2,2-3H3,(H,23,27). The van der Waals surface area contributed by atoms with Crippen molar-refractivity contribution in [1.82, 2.24) is 14.8 Å². The van der Waals surface area contributed by atoms with Gasteiger partial charge in [-0.2, -0.15) is 0 Å². The average Bonchev–Trinajstić information content (AvgIpc) is 3.16. The number of hydrogen-bond donors (Lipinski definition) is 1. The molecule has 30 heavy (non-hydrogen) atoms. The van der Waals surface area contributed by atoms with Gasteiger partial charge in [-0.1, -0.05) is 30.0 Å². The Morgan fingerprint density at radius 2 is 1.97 bits per heavy atom. The van der Waals surface area contributed by atoms with Crippen LogP contribution in [0.5, 0.6) is 11.5 Å². The Bertz CT molecular complexity index is 1000. The smallest absolute Gasteiger partial charge is 0.234 e. The topological polar surface area (TPSA) is 78.3 Å². The molecule has 7 nitrogen and oxygen atoms in total. The number of aromatic nitrogens is 3. The Morgan fingerprint density at radius 3 is 2.67 bits per heavy atom. The Kier molecular flexibility index (Phi) is 7.51. The minimum Gasteiger partial charge on any atom is -0.497 e. The third kappa shape index (κ3) is 5.21. The molecule has 0 bridgehead atoms. The van der Waals surface area contributed by atoms with Crippen LogP contribution in [-0.4, -0.2) is 40.1 Å². The third-order valence-corrected chi connectivity index (χ3v) is 5.13. The van der Waals surface area contributed by atoms with E-state index in [0.717, 1.165) is 17.1 Å². The van der Waals surface area contributed by atoms with Crippen molar-refractivity contribution < 1.29 is 14.3 Å². The van der Waals surface area contributed by atoms with Crippen molar-refractivity contribution in [3.05, 3.63) is 61.2 Å². The van der Waals surface area contributed by atoms with E-state index in [4.69, 9.17) is 9.47 Å². The molecule has 2 aromatic carbocycles. The third-order valence-electron chi connectivity index (χ3n) is 4.16. The molecule has 0 unspecified atom stereocenters. The van der Waals surface area contributed by atoms with Gasteiger partial charge < -0.3 is 14.8 Å². The Morgan fingerprint density at radius 1 is 1.20 bits per heavy atom. The Labute approximate surface area is 180 Å². The van der Waals surface area contributed by atoms with E-state index in [1.54, 1.807) is 37.5 Å². The van der Waals surface area contributed by atoms with Crippen LogP contribution in [-0.2, 0) is 11.3 Å². The van der Waals surface area contributed by atoms with Crippen LogP contribution < -0.4 is 14.8 Å².